The maximum absolute atomic E-state index is 2.89. The van der Waals surface area contributed by atoms with Crippen molar-refractivity contribution in [2.24, 2.45) is 0 Å². The van der Waals surface area contributed by atoms with Crippen LogP contribution in [0, 0.1) is 0 Å². The summed E-state index contributed by atoms with van der Waals surface area (Å²) in [6, 6.07) is 58.5. The van der Waals surface area contributed by atoms with E-state index in [1.54, 1.807) is 0 Å². The number of anilines is 5. The van der Waals surface area contributed by atoms with Crippen molar-refractivity contribution < 1.29 is 0 Å². The quantitative estimate of drug-likeness (QED) is 0.163. The number of thiophene rings is 1. The second-order valence-electron chi connectivity index (χ2n) is 21.7. The molecule has 316 valence electrons. The molecule has 8 aromatic rings. The molecular weight excluding hydrogens is 792 g/mol. The summed E-state index contributed by atoms with van der Waals surface area (Å²) in [5.74, 6) is 0. The van der Waals surface area contributed by atoms with Gasteiger partial charge in [-0.2, -0.15) is 0 Å². The summed E-state index contributed by atoms with van der Waals surface area (Å²) in [7, 11) is 0. The molecule has 0 N–H and O–H groups in total. The molecule has 0 radical (unpaired) electrons. The SMILES string of the molecule is CC(C)(C)c1ccc(N2c3cc(-c4ccccc4)cc4c3B(c3cc(-c5ccccc5)cc5c3N4C3(C)CCCCC53C)c3sc4ccc(C(C)(C)C)cc4c32)c(-c2ccccc2)c1. The van der Waals surface area contributed by atoms with Crippen LogP contribution in [-0.4, -0.2) is 12.3 Å². The van der Waals surface area contributed by atoms with Crippen LogP contribution in [0.4, 0.5) is 28.4 Å². The number of hydrogen-bond acceptors (Lipinski definition) is 3. The second kappa shape index (κ2) is 13.8. The number of nitrogens with zero attached hydrogens (tertiary/aromatic N) is 2. The Morgan fingerprint density at radius 3 is 1.77 bits per heavy atom. The van der Waals surface area contributed by atoms with Crippen LogP contribution in [0.3, 0.4) is 0 Å². The second-order valence-corrected chi connectivity index (χ2v) is 22.7. The zero-order valence-corrected chi connectivity index (χ0v) is 39.5. The summed E-state index contributed by atoms with van der Waals surface area (Å²) in [6.45, 7) is 19.4. The molecule has 1 aromatic heterocycles. The molecule has 2 atom stereocenters. The van der Waals surface area contributed by atoms with Crippen LogP contribution >= 0.6 is 11.3 Å². The van der Waals surface area contributed by atoms with E-state index in [0.29, 0.717) is 0 Å². The zero-order valence-electron chi connectivity index (χ0n) is 38.6. The molecule has 2 unspecified atom stereocenters. The highest BCUT2D eigenvalue weighted by Gasteiger charge is 2.61. The molecule has 3 aliphatic heterocycles. The van der Waals surface area contributed by atoms with Crippen molar-refractivity contribution in [1.82, 2.24) is 0 Å². The Balaban J connectivity index is 1.26. The highest BCUT2D eigenvalue weighted by Crippen LogP contribution is 2.63. The summed E-state index contributed by atoms with van der Waals surface area (Å²) >= 11 is 2.02. The molecule has 4 heterocycles. The molecule has 12 rings (SSSR count). The third kappa shape index (κ3) is 5.63. The molecule has 4 heteroatoms. The fourth-order valence-corrected chi connectivity index (χ4v) is 13.5. The number of fused-ring (bicyclic) bond motifs is 9. The summed E-state index contributed by atoms with van der Waals surface area (Å²) < 4.78 is 2.79. The maximum atomic E-state index is 2.89. The average molecular weight is 849 g/mol. The summed E-state index contributed by atoms with van der Waals surface area (Å²) in [5.41, 5.74) is 21.4. The third-order valence-electron chi connectivity index (χ3n) is 15.9. The summed E-state index contributed by atoms with van der Waals surface area (Å²) in [4.78, 5) is 5.62. The van der Waals surface area contributed by atoms with Crippen molar-refractivity contribution in [2.75, 3.05) is 9.80 Å². The lowest BCUT2D eigenvalue weighted by Gasteiger charge is -2.52. The van der Waals surface area contributed by atoms with E-state index in [2.05, 4.69) is 217 Å². The molecule has 0 saturated heterocycles. The lowest BCUT2D eigenvalue weighted by atomic mass is 9.36. The van der Waals surface area contributed by atoms with Crippen LogP contribution in [0.2, 0.25) is 0 Å². The smallest absolute Gasteiger partial charge is 0.264 e. The van der Waals surface area contributed by atoms with Crippen molar-refractivity contribution in [3.8, 4) is 33.4 Å². The van der Waals surface area contributed by atoms with E-state index in [1.807, 2.05) is 11.3 Å². The van der Waals surface area contributed by atoms with Gasteiger partial charge in [0.05, 0.1) is 16.9 Å². The van der Waals surface area contributed by atoms with Gasteiger partial charge in [-0.05, 0) is 128 Å². The monoisotopic (exact) mass is 848 g/mol. The molecule has 1 fully saturated rings. The maximum Gasteiger partial charge on any atom is 0.264 e. The first kappa shape index (κ1) is 39.7. The van der Waals surface area contributed by atoms with E-state index < -0.39 is 0 Å². The van der Waals surface area contributed by atoms with E-state index >= 15 is 0 Å². The molecule has 2 nitrogen and oxygen atoms in total. The topological polar surface area (TPSA) is 6.48 Å². The standard InChI is InChI=1S/C60H57BN2S/c1-57(2,3)43-26-28-49(45(36-43)40-24-16-11-17-25-40)62-50-34-42(39-22-14-10-15-23-39)35-51-53(50)61(56-54(62)46-37-44(58(4,5)6)27-29-52(46)64-56)48-33-41(38-20-12-9-13-21-38)32-47-55(48)63(51)60(8)31-19-18-30-59(47,60)7/h9-17,20-29,32-37H,18-19,30-31H2,1-8H3. The van der Waals surface area contributed by atoms with Crippen molar-refractivity contribution in [2.45, 2.75) is 103 Å². The lowest BCUT2D eigenvalue weighted by molar-refractivity contribution is 0.195. The predicted octanol–water partition coefficient (Wildman–Crippen LogP) is 14.9. The molecule has 4 aliphatic rings. The van der Waals surface area contributed by atoms with E-state index in [0.717, 1.165) is 6.42 Å². The predicted molar refractivity (Wildman–Crippen MR) is 278 cm³/mol. The Bertz CT molecular complexity index is 3170. The largest absolute Gasteiger partial charge is 0.335 e. The van der Waals surface area contributed by atoms with Gasteiger partial charge in [0.1, 0.15) is 0 Å². The Labute approximate surface area is 384 Å². The van der Waals surface area contributed by atoms with Crippen LogP contribution in [0.5, 0.6) is 0 Å². The molecule has 7 aromatic carbocycles. The lowest BCUT2D eigenvalue weighted by Crippen LogP contribution is -2.64. The Hall–Kier alpha value is -5.84. The molecular formula is C60H57BN2S. The van der Waals surface area contributed by atoms with Gasteiger partial charge in [-0.3, -0.25) is 0 Å². The minimum Gasteiger partial charge on any atom is -0.335 e. The average Bonchev–Trinajstić information content (AvgIpc) is 3.77. The first-order valence-corrected chi connectivity index (χ1v) is 24.4. The van der Waals surface area contributed by atoms with E-state index in [1.165, 1.54) is 124 Å². The van der Waals surface area contributed by atoms with Crippen LogP contribution in [0.15, 0.2) is 152 Å². The van der Waals surface area contributed by atoms with Crippen molar-refractivity contribution >= 4 is 72.3 Å². The molecule has 1 saturated carbocycles. The summed E-state index contributed by atoms with van der Waals surface area (Å²) in [6.07, 6.45) is 4.84. The van der Waals surface area contributed by atoms with Crippen molar-refractivity contribution in [3.63, 3.8) is 0 Å². The first-order valence-electron chi connectivity index (χ1n) is 23.6. The Morgan fingerprint density at radius 2 is 1.11 bits per heavy atom. The Kier molecular flexibility index (Phi) is 8.59. The van der Waals surface area contributed by atoms with Crippen LogP contribution in [0.1, 0.15) is 97.8 Å². The minimum absolute atomic E-state index is 0.00498. The molecule has 0 spiro atoms. The van der Waals surface area contributed by atoms with E-state index in [-0.39, 0.29) is 28.5 Å². The fourth-order valence-electron chi connectivity index (χ4n) is 12.2. The van der Waals surface area contributed by atoms with Crippen LogP contribution in [0.25, 0.3) is 43.5 Å². The highest BCUT2D eigenvalue weighted by molar-refractivity contribution is 7.33. The van der Waals surface area contributed by atoms with Crippen LogP contribution < -0.4 is 25.5 Å². The van der Waals surface area contributed by atoms with Gasteiger partial charge in [0.2, 0.25) is 0 Å². The minimum atomic E-state index is -0.0951. The van der Waals surface area contributed by atoms with Crippen molar-refractivity contribution in [3.05, 3.63) is 168 Å². The van der Waals surface area contributed by atoms with E-state index in [4.69, 9.17) is 0 Å². The molecule has 64 heavy (non-hydrogen) atoms. The van der Waals surface area contributed by atoms with Gasteiger partial charge in [0.15, 0.2) is 0 Å². The van der Waals surface area contributed by atoms with Crippen molar-refractivity contribution in [1.29, 1.82) is 0 Å². The number of benzene rings is 7. The van der Waals surface area contributed by atoms with Gasteiger partial charge in [0, 0.05) is 42.9 Å². The number of rotatable bonds is 4. The fraction of sp³-hybridized carbons (Fsp3) is 0.267. The van der Waals surface area contributed by atoms with Gasteiger partial charge >= 0.3 is 0 Å². The molecule has 0 amide bonds. The first-order chi connectivity index (χ1) is 30.7. The molecule has 0 bridgehead atoms. The normalized spacial score (nSPS) is 19.7. The van der Waals surface area contributed by atoms with Gasteiger partial charge in [0.25, 0.3) is 6.71 Å². The van der Waals surface area contributed by atoms with Crippen LogP contribution in [-0.2, 0) is 16.2 Å². The van der Waals surface area contributed by atoms with E-state index in [9.17, 15) is 0 Å². The highest BCUT2D eigenvalue weighted by atomic mass is 32.1. The van der Waals surface area contributed by atoms with Gasteiger partial charge in [-0.1, -0.05) is 171 Å². The van der Waals surface area contributed by atoms with Gasteiger partial charge < -0.3 is 9.80 Å². The third-order valence-corrected chi connectivity index (χ3v) is 17.1. The summed E-state index contributed by atoms with van der Waals surface area (Å²) in [5, 5.41) is 1.34. The zero-order chi connectivity index (χ0) is 43.9. The van der Waals surface area contributed by atoms with Gasteiger partial charge in [-0.15, -0.1) is 11.3 Å². The Morgan fingerprint density at radius 1 is 0.531 bits per heavy atom. The van der Waals surface area contributed by atoms with Gasteiger partial charge in [-0.25, -0.2) is 0 Å². The molecule has 1 aliphatic carbocycles. The number of hydrogen-bond donors (Lipinski definition) is 0.